The third-order valence-corrected chi connectivity index (χ3v) is 2.91. The molecule has 1 aromatic carbocycles. The number of nitrogens with two attached hydrogens (primary N) is 1. The van der Waals surface area contributed by atoms with Gasteiger partial charge in [-0.05, 0) is 38.5 Å². The molecule has 0 saturated carbocycles. The highest BCUT2D eigenvalue weighted by Crippen LogP contribution is 2.29. The largest absolute Gasteiger partial charge is 0.386 e. The Kier molecular flexibility index (Phi) is 5.29. The lowest BCUT2D eigenvalue weighted by Gasteiger charge is -2.23. The van der Waals surface area contributed by atoms with Crippen molar-refractivity contribution < 1.29 is 0 Å². The Balaban J connectivity index is 3.20. The molecule has 0 spiro atoms. The van der Waals surface area contributed by atoms with Crippen LogP contribution in [0.25, 0.3) is 0 Å². The van der Waals surface area contributed by atoms with Crippen LogP contribution < -0.4 is 10.6 Å². The van der Waals surface area contributed by atoms with E-state index >= 15 is 0 Å². The highest BCUT2D eigenvalue weighted by atomic mass is 35.5. The zero-order valence-corrected chi connectivity index (χ0v) is 11.5. The van der Waals surface area contributed by atoms with Gasteiger partial charge < -0.3 is 10.6 Å². The molecule has 4 heteroatoms. The van der Waals surface area contributed by atoms with E-state index in [0.29, 0.717) is 5.84 Å². The van der Waals surface area contributed by atoms with Gasteiger partial charge in [-0.3, -0.25) is 0 Å². The molecule has 0 aliphatic heterocycles. The molecule has 0 saturated heterocycles. The molecule has 0 aliphatic carbocycles. The van der Waals surface area contributed by atoms with Gasteiger partial charge in [0, 0.05) is 13.1 Å². The van der Waals surface area contributed by atoms with Gasteiger partial charge in [-0.1, -0.05) is 6.07 Å². The quantitative estimate of drug-likeness (QED) is 0.498. The van der Waals surface area contributed by atoms with Crippen molar-refractivity contribution in [3.8, 4) is 0 Å². The molecule has 0 aliphatic rings. The van der Waals surface area contributed by atoms with Crippen molar-refractivity contribution in [3.05, 3.63) is 23.8 Å². The smallest absolute Gasteiger partial charge is 0.115 e. The minimum atomic E-state index is 0.256. The number of hydrogen-bond donors (Lipinski definition) is 1. The van der Waals surface area contributed by atoms with Gasteiger partial charge >= 0.3 is 0 Å². The number of amidine groups is 1. The number of nitrogens with zero attached hydrogens (tertiary/aromatic N) is 2. The molecule has 0 aromatic heterocycles. The molecule has 94 valence electrons. The van der Waals surface area contributed by atoms with Crippen LogP contribution in [0, 0.1) is 6.92 Å². The Bertz CT molecular complexity index is 398. The summed E-state index contributed by atoms with van der Waals surface area (Å²) in [6.45, 7) is 8.19. The summed E-state index contributed by atoms with van der Waals surface area (Å²) in [4.78, 5) is 6.63. The summed E-state index contributed by atoms with van der Waals surface area (Å²) < 4.78 is 0. The van der Waals surface area contributed by atoms with Crippen molar-refractivity contribution in [2.75, 3.05) is 23.9 Å². The highest BCUT2D eigenvalue weighted by molar-refractivity contribution is 6.28. The maximum atomic E-state index is 5.71. The van der Waals surface area contributed by atoms with Crippen LogP contribution >= 0.6 is 11.6 Å². The van der Waals surface area contributed by atoms with E-state index in [2.05, 4.69) is 35.9 Å². The van der Waals surface area contributed by atoms with Crippen molar-refractivity contribution in [3.63, 3.8) is 0 Å². The van der Waals surface area contributed by atoms with Crippen molar-refractivity contribution in [2.24, 2.45) is 10.7 Å². The van der Waals surface area contributed by atoms with E-state index in [1.54, 1.807) is 0 Å². The van der Waals surface area contributed by atoms with E-state index < -0.39 is 0 Å². The van der Waals surface area contributed by atoms with E-state index in [1.807, 2.05) is 13.0 Å². The Labute approximate surface area is 108 Å². The Morgan fingerprint density at radius 3 is 2.53 bits per heavy atom. The highest BCUT2D eigenvalue weighted by Gasteiger charge is 2.08. The number of aliphatic imine (C=N–C) groups is 1. The minimum Gasteiger partial charge on any atom is -0.386 e. The number of anilines is 1. The summed E-state index contributed by atoms with van der Waals surface area (Å²) in [6, 6.07) is 6.21. The maximum absolute atomic E-state index is 5.71. The van der Waals surface area contributed by atoms with Crippen LogP contribution in [0.3, 0.4) is 0 Å². The Hall–Kier alpha value is -1.22. The molecule has 1 rings (SSSR count). The van der Waals surface area contributed by atoms with Gasteiger partial charge in [0.25, 0.3) is 0 Å². The lowest BCUT2D eigenvalue weighted by molar-refractivity contribution is 0.866. The molecule has 1 aromatic rings. The normalized spacial score (nSPS) is 11.6. The summed E-state index contributed by atoms with van der Waals surface area (Å²) in [5, 5.41) is 0. The first-order valence-electron chi connectivity index (χ1n) is 5.87. The topological polar surface area (TPSA) is 41.6 Å². The predicted molar refractivity (Wildman–Crippen MR) is 76.7 cm³/mol. The molecule has 0 atom stereocenters. The Morgan fingerprint density at radius 2 is 2.00 bits per heavy atom. The molecular weight excluding hydrogens is 234 g/mol. The van der Waals surface area contributed by atoms with E-state index in [4.69, 9.17) is 17.3 Å². The fourth-order valence-corrected chi connectivity index (χ4v) is 1.80. The van der Waals surface area contributed by atoms with Crippen LogP contribution in [-0.2, 0) is 0 Å². The van der Waals surface area contributed by atoms with Gasteiger partial charge in [-0.2, -0.15) is 0 Å². The van der Waals surface area contributed by atoms with Crippen molar-refractivity contribution in [1.82, 2.24) is 0 Å². The monoisotopic (exact) mass is 253 g/mol. The van der Waals surface area contributed by atoms with E-state index in [-0.39, 0.29) is 5.88 Å². The molecule has 0 heterocycles. The van der Waals surface area contributed by atoms with Crippen LogP contribution in [0.5, 0.6) is 0 Å². The number of rotatable bonds is 5. The number of halogens is 1. The van der Waals surface area contributed by atoms with Crippen LogP contribution in [-0.4, -0.2) is 24.8 Å². The van der Waals surface area contributed by atoms with Gasteiger partial charge in [-0.25, -0.2) is 4.99 Å². The van der Waals surface area contributed by atoms with Crippen molar-refractivity contribution >= 4 is 28.8 Å². The van der Waals surface area contributed by atoms with Gasteiger partial charge in [-0.15, -0.1) is 11.6 Å². The molecule has 2 N–H and O–H groups in total. The molecule has 0 bridgehead atoms. The summed E-state index contributed by atoms with van der Waals surface area (Å²) in [6.07, 6.45) is 0. The molecule has 3 nitrogen and oxygen atoms in total. The average molecular weight is 254 g/mol. The van der Waals surface area contributed by atoms with Gasteiger partial charge in [0.2, 0.25) is 0 Å². The number of alkyl halides is 1. The summed E-state index contributed by atoms with van der Waals surface area (Å²) in [5.74, 6) is 0.705. The second kappa shape index (κ2) is 6.50. The minimum absolute atomic E-state index is 0.256. The van der Waals surface area contributed by atoms with Crippen LogP contribution in [0.1, 0.15) is 19.4 Å². The number of hydrogen-bond acceptors (Lipinski definition) is 2. The SMILES string of the molecule is CCN(CC)c1ccc(C)cc1N=C(N)CCl. The van der Waals surface area contributed by atoms with Gasteiger partial charge in [0.1, 0.15) is 5.84 Å². The average Bonchev–Trinajstić information content (AvgIpc) is 2.33. The predicted octanol–water partition coefficient (Wildman–Crippen LogP) is 3.07. The second-order valence-electron chi connectivity index (χ2n) is 3.90. The summed E-state index contributed by atoms with van der Waals surface area (Å²) in [7, 11) is 0. The van der Waals surface area contributed by atoms with Crippen LogP contribution in [0.2, 0.25) is 0 Å². The molecule has 0 unspecified atom stereocenters. The third kappa shape index (κ3) is 3.63. The number of benzene rings is 1. The van der Waals surface area contributed by atoms with E-state index in [0.717, 1.165) is 24.5 Å². The molecule has 0 amide bonds. The zero-order chi connectivity index (χ0) is 12.8. The first-order valence-corrected chi connectivity index (χ1v) is 6.40. The van der Waals surface area contributed by atoms with Crippen LogP contribution in [0.15, 0.2) is 23.2 Å². The van der Waals surface area contributed by atoms with E-state index in [1.165, 1.54) is 5.56 Å². The fraction of sp³-hybridized carbons (Fsp3) is 0.462. The van der Waals surface area contributed by atoms with E-state index in [9.17, 15) is 0 Å². The van der Waals surface area contributed by atoms with Crippen molar-refractivity contribution in [1.29, 1.82) is 0 Å². The Morgan fingerprint density at radius 1 is 1.35 bits per heavy atom. The molecule has 0 radical (unpaired) electrons. The standard InChI is InChI=1S/C13H20ClN3/c1-4-17(5-2)12-7-6-10(3)8-11(12)16-13(15)9-14/h6-8H,4-5,9H2,1-3H3,(H2,15,16). The molecule has 0 fully saturated rings. The van der Waals surface area contributed by atoms with Crippen molar-refractivity contribution in [2.45, 2.75) is 20.8 Å². The van der Waals surface area contributed by atoms with Gasteiger partial charge in [0.05, 0.1) is 17.3 Å². The molecular formula is C13H20ClN3. The zero-order valence-electron chi connectivity index (χ0n) is 10.7. The first kappa shape index (κ1) is 13.8. The lowest BCUT2D eigenvalue weighted by atomic mass is 10.1. The van der Waals surface area contributed by atoms with Gasteiger partial charge in [0.15, 0.2) is 0 Å². The fourth-order valence-electron chi connectivity index (χ4n) is 1.74. The number of aryl methyl sites for hydroxylation is 1. The molecule has 17 heavy (non-hydrogen) atoms. The van der Waals surface area contributed by atoms with Crippen LogP contribution in [0.4, 0.5) is 11.4 Å². The lowest BCUT2D eigenvalue weighted by Crippen LogP contribution is -2.22. The first-order chi connectivity index (χ1) is 8.12. The summed E-state index contributed by atoms with van der Waals surface area (Å²) >= 11 is 5.67. The summed E-state index contributed by atoms with van der Waals surface area (Å²) in [5.41, 5.74) is 8.88. The maximum Gasteiger partial charge on any atom is 0.115 e. The third-order valence-electron chi connectivity index (χ3n) is 2.64. The second-order valence-corrected chi connectivity index (χ2v) is 4.17.